The molecular formula is C13H20N2O2. The van der Waals surface area contributed by atoms with Crippen molar-refractivity contribution in [3.05, 3.63) is 18.2 Å². The third-order valence-corrected chi connectivity index (χ3v) is 3.25. The maximum Gasteiger partial charge on any atom is 0.122 e. The summed E-state index contributed by atoms with van der Waals surface area (Å²) in [5.74, 6) is 0.734. The Morgan fingerprint density at radius 3 is 2.76 bits per heavy atom. The summed E-state index contributed by atoms with van der Waals surface area (Å²) in [6.45, 7) is 0. The summed E-state index contributed by atoms with van der Waals surface area (Å²) in [6, 6.07) is 5.67. The first-order valence-corrected chi connectivity index (χ1v) is 6.08. The summed E-state index contributed by atoms with van der Waals surface area (Å²) < 4.78 is 5.17. The largest absolute Gasteiger partial charge is 0.497 e. The molecule has 0 aliphatic heterocycles. The van der Waals surface area contributed by atoms with E-state index in [9.17, 15) is 5.11 Å². The highest BCUT2D eigenvalue weighted by molar-refractivity contribution is 5.59. The van der Waals surface area contributed by atoms with E-state index in [1.807, 2.05) is 12.1 Å². The highest BCUT2D eigenvalue weighted by atomic mass is 16.5. The molecule has 1 aliphatic rings. The van der Waals surface area contributed by atoms with Gasteiger partial charge in [-0.15, -0.1) is 0 Å². The molecular weight excluding hydrogens is 216 g/mol. The van der Waals surface area contributed by atoms with Gasteiger partial charge in [-0.3, -0.25) is 0 Å². The Kier molecular flexibility index (Phi) is 3.74. The second-order valence-corrected chi connectivity index (χ2v) is 4.60. The van der Waals surface area contributed by atoms with E-state index < -0.39 is 0 Å². The van der Waals surface area contributed by atoms with Gasteiger partial charge in [0.25, 0.3) is 0 Å². The summed E-state index contributed by atoms with van der Waals surface area (Å²) >= 11 is 0. The number of hydrogen-bond acceptors (Lipinski definition) is 4. The molecule has 2 rings (SSSR count). The van der Waals surface area contributed by atoms with Crippen LogP contribution in [0.5, 0.6) is 5.75 Å². The fourth-order valence-corrected chi connectivity index (χ4v) is 2.32. The summed E-state index contributed by atoms with van der Waals surface area (Å²) in [6.07, 6.45) is 3.87. The second-order valence-electron chi connectivity index (χ2n) is 4.60. The second kappa shape index (κ2) is 5.27. The molecule has 0 heterocycles. The van der Waals surface area contributed by atoms with Crippen LogP contribution in [0.15, 0.2) is 18.2 Å². The molecule has 17 heavy (non-hydrogen) atoms. The Labute approximate surface area is 102 Å². The molecule has 2 atom stereocenters. The Bertz CT molecular complexity index is 382. The fourth-order valence-electron chi connectivity index (χ4n) is 2.32. The lowest BCUT2D eigenvalue weighted by atomic mass is 9.92. The zero-order valence-electron chi connectivity index (χ0n) is 10.1. The highest BCUT2D eigenvalue weighted by Gasteiger charge is 2.22. The maximum absolute atomic E-state index is 9.90. The summed E-state index contributed by atoms with van der Waals surface area (Å²) in [5.41, 5.74) is 7.37. The molecule has 4 N–H and O–H groups in total. The van der Waals surface area contributed by atoms with E-state index >= 15 is 0 Å². The average molecular weight is 236 g/mol. The van der Waals surface area contributed by atoms with Gasteiger partial charge >= 0.3 is 0 Å². The van der Waals surface area contributed by atoms with Crippen molar-refractivity contribution in [3.63, 3.8) is 0 Å². The predicted molar refractivity (Wildman–Crippen MR) is 69.3 cm³/mol. The van der Waals surface area contributed by atoms with Crippen molar-refractivity contribution >= 4 is 11.4 Å². The maximum atomic E-state index is 9.90. The minimum atomic E-state index is -0.267. The van der Waals surface area contributed by atoms with Crippen molar-refractivity contribution in [2.24, 2.45) is 0 Å². The van der Waals surface area contributed by atoms with Crippen LogP contribution in [0.2, 0.25) is 0 Å². The standard InChI is InChI=1S/C13H20N2O2/c1-17-11-7-9(14)6-10(8-11)15-12-4-2-3-5-13(12)16/h6-8,12-13,15-16H,2-5,14H2,1H3. The van der Waals surface area contributed by atoms with Crippen LogP contribution in [-0.4, -0.2) is 24.4 Å². The fraction of sp³-hybridized carbons (Fsp3) is 0.538. The van der Waals surface area contributed by atoms with Crippen LogP contribution >= 0.6 is 0 Å². The number of ether oxygens (including phenoxy) is 1. The van der Waals surface area contributed by atoms with Gasteiger partial charge in [-0.05, 0) is 18.9 Å². The first kappa shape index (κ1) is 12.0. The van der Waals surface area contributed by atoms with Gasteiger partial charge in [-0.25, -0.2) is 0 Å². The normalized spacial score (nSPS) is 24.4. The molecule has 1 aromatic rings. The van der Waals surface area contributed by atoms with Crippen molar-refractivity contribution in [2.75, 3.05) is 18.2 Å². The number of hydrogen-bond donors (Lipinski definition) is 3. The zero-order valence-corrected chi connectivity index (χ0v) is 10.1. The molecule has 0 radical (unpaired) electrons. The smallest absolute Gasteiger partial charge is 0.122 e. The van der Waals surface area contributed by atoms with Gasteiger partial charge in [0.1, 0.15) is 5.75 Å². The number of rotatable bonds is 3. The van der Waals surface area contributed by atoms with Gasteiger partial charge in [0, 0.05) is 23.5 Å². The van der Waals surface area contributed by atoms with Crippen molar-refractivity contribution in [1.82, 2.24) is 0 Å². The Hall–Kier alpha value is -1.42. The average Bonchev–Trinajstić information content (AvgIpc) is 2.31. The van der Waals surface area contributed by atoms with Crippen molar-refractivity contribution in [3.8, 4) is 5.75 Å². The molecule has 0 saturated heterocycles. The number of aliphatic hydroxyl groups is 1. The first-order valence-electron chi connectivity index (χ1n) is 6.08. The van der Waals surface area contributed by atoms with Crippen LogP contribution < -0.4 is 15.8 Å². The molecule has 2 unspecified atom stereocenters. The predicted octanol–water partition coefficient (Wildman–Crippen LogP) is 1.99. The van der Waals surface area contributed by atoms with Crippen LogP contribution in [0.1, 0.15) is 25.7 Å². The molecule has 1 aromatic carbocycles. The van der Waals surface area contributed by atoms with Crippen LogP contribution in [-0.2, 0) is 0 Å². The molecule has 0 aromatic heterocycles. The molecule has 1 aliphatic carbocycles. The number of nitrogens with one attached hydrogen (secondary N) is 1. The van der Waals surface area contributed by atoms with E-state index in [0.29, 0.717) is 5.69 Å². The van der Waals surface area contributed by atoms with Crippen LogP contribution in [0.4, 0.5) is 11.4 Å². The van der Waals surface area contributed by atoms with Crippen LogP contribution in [0.25, 0.3) is 0 Å². The number of aliphatic hydroxyl groups excluding tert-OH is 1. The number of benzene rings is 1. The number of nitrogens with two attached hydrogens (primary N) is 1. The zero-order chi connectivity index (χ0) is 12.3. The van der Waals surface area contributed by atoms with Crippen LogP contribution in [0, 0.1) is 0 Å². The molecule has 1 saturated carbocycles. The van der Waals surface area contributed by atoms with Gasteiger partial charge < -0.3 is 20.9 Å². The van der Waals surface area contributed by atoms with Gasteiger partial charge in [0.05, 0.1) is 19.3 Å². The quantitative estimate of drug-likeness (QED) is 0.702. The highest BCUT2D eigenvalue weighted by Crippen LogP contribution is 2.26. The Balaban J connectivity index is 2.09. The first-order chi connectivity index (χ1) is 8.19. The number of methoxy groups -OCH3 is 1. The van der Waals surface area contributed by atoms with E-state index in [1.54, 1.807) is 13.2 Å². The monoisotopic (exact) mass is 236 g/mol. The lowest BCUT2D eigenvalue weighted by molar-refractivity contribution is 0.116. The summed E-state index contributed by atoms with van der Waals surface area (Å²) in [4.78, 5) is 0. The third kappa shape index (κ3) is 3.03. The van der Waals surface area contributed by atoms with Gasteiger partial charge in [0.15, 0.2) is 0 Å². The van der Waals surface area contributed by atoms with Crippen molar-refractivity contribution in [2.45, 2.75) is 37.8 Å². The minimum absolute atomic E-state index is 0.121. The van der Waals surface area contributed by atoms with E-state index in [0.717, 1.165) is 37.1 Å². The van der Waals surface area contributed by atoms with E-state index in [-0.39, 0.29) is 12.1 Å². The summed E-state index contributed by atoms with van der Waals surface area (Å²) in [5, 5.41) is 13.2. The van der Waals surface area contributed by atoms with Gasteiger partial charge in [-0.2, -0.15) is 0 Å². The third-order valence-electron chi connectivity index (χ3n) is 3.25. The number of nitrogen functional groups attached to an aromatic ring is 1. The lowest BCUT2D eigenvalue weighted by Gasteiger charge is -2.29. The minimum Gasteiger partial charge on any atom is -0.497 e. The van der Waals surface area contributed by atoms with Gasteiger partial charge in [0.2, 0.25) is 0 Å². The molecule has 0 bridgehead atoms. The van der Waals surface area contributed by atoms with Gasteiger partial charge in [-0.1, -0.05) is 12.8 Å². The lowest BCUT2D eigenvalue weighted by Crippen LogP contribution is -2.36. The van der Waals surface area contributed by atoms with Crippen molar-refractivity contribution in [1.29, 1.82) is 0 Å². The van der Waals surface area contributed by atoms with E-state index in [4.69, 9.17) is 10.5 Å². The molecule has 0 amide bonds. The van der Waals surface area contributed by atoms with E-state index in [1.165, 1.54) is 0 Å². The van der Waals surface area contributed by atoms with Crippen LogP contribution in [0.3, 0.4) is 0 Å². The van der Waals surface area contributed by atoms with E-state index in [2.05, 4.69) is 5.32 Å². The molecule has 4 nitrogen and oxygen atoms in total. The molecule has 4 heteroatoms. The Morgan fingerprint density at radius 2 is 2.06 bits per heavy atom. The van der Waals surface area contributed by atoms with Crippen molar-refractivity contribution < 1.29 is 9.84 Å². The topological polar surface area (TPSA) is 67.5 Å². The summed E-state index contributed by atoms with van der Waals surface area (Å²) in [7, 11) is 1.62. The Morgan fingerprint density at radius 1 is 1.29 bits per heavy atom. The molecule has 0 spiro atoms. The molecule has 94 valence electrons. The number of anilines is 2. The SMILES string of the molecule is COc1cc(N)cc(NC2CCCCC2O)c1. The molecule has 1 fully saturated rings.